The molecule has 5 rings (SSSR count). The molecule has 0 fully saturated rings. The van der Waals surface area contributed by atoms with Gasteiger partial charge in [-0.05, 0) is 49.5 Å². The first-order valence-electron chi connectivity index (χ1n) is 16.1. The third kappa shape index (κ3) is 7.42. The van der Waals surface area contributed by atoms with E-state index in [0.29, 0.717) is 30.5 Å². The molecule has 11 heteroatoms. The summed E-state index contributed by atoms with van der Waals surface area (Å²) in [5.41, 5.74) is 5.33. The largest absolute Gasteiger partial charge is 0.491 e. The maximum absolute atomic E-state index is 12.1. The first kappa shape index (κ1) is 31.9. The van der Waals surface area contributed by atoms with Crippen molar-refractivity contribution in [2.45, 2.75) is 85.3 Å². The summed E-state index contributed by atoms with van der Waals surface area (Å²) in [6, 6.07) is 11.9. The van der Waals surface area contributed by atoms with Crippen LogP contribution in [0.5, 0.6) is 5.75 Å². The van der Waals surface area contributed by atoms with Crippen molar-refractivity contribution < 1.29 is 9.84 Å². The predicted octanol–water partition coefficient (Wildman–Crippen LogP) is 6.56. The quantitative estimate of drug-likeness (QED) is 0.153. The molecule has 0 saturated carbocycles. The number of aliphatic imine (C=N–C) groups is 1. The van der Waals surface area contributed by atoms with Gasteiger partial charge in [-0.3, -0.25) is 9.88 Å². The number of anilines is 1. The van der Waals surface area contributed by atoms with Crippen molar-refractivity contribution >= 4 is 11.8 Å². The van der Waals surface area contributed by atoms with E-state index in [1.807, 2.05) is 48.4 Å². The highest BCUT2D eigenvalue weighted by molar-refractivity contribution is 6.00. The molecule has 2 atom stereocenters. The minimum absolute atomic E-state index is 0.174. The van der Waals surface area contributed by atoms with Gasteiger partial charge in [-0.1, -0.05) is 70.4 Å². The van der Waals surface area contributed by atoms with Gasteiger partial charge in [0.1, 0.15) is 5.84 Å². The molecular weight excluding hydrogens is 566 g/mol. The Kier molecular flexibility index (Phi) is 11.0. The molecule has 1 aliphatic heterocycles. The van der Waals surface area contributed by atoms with Crippen LogP contribution in [0.1, 0.15) is 78.2 Å². The SMILES string of the molecule is CCCCC1=C(Cc2ccc(-c3ccccc3-c3nn[nH]n3)nc2)[C@@H](O)N(c2ncc(OCC)cn2)C(C(CC)CCCC)=N1. The van der Waals surface area contributed by atoms with Crippen LogP contribution < -0.4 is 9.64 Å². The van der Waals surface area contributed by atoms with E-state index in [4.69, 9.17) is 14.7 Å². The number of nitrogens with one attached hydrogen (secondary N) is 1. The average Bonchev–Trinajstić information content (AvgIpc) is 3.62. The van der Waals surface area contributed by atoms with Crippen LogP contribution in [0, 0.1) is 5.92 Å². The van der Waals surface area contributed by atoms with E-state index in [2.05, 4.69) is 57.4 Å². The standard InChI is InChI=1S/C34H43N9O2/c1-5-9-13-24(7-3)32-38-30(16-10-6-2)28(33(44)43(32)34-36-21-25(22-37-34)45-8-4)19-23-17-18-29(35-20-23)26-14-11-12-15-27(26)31-39-41-42-40-31/h11-12,14-15,17-18,20-22,24,33,44H,5-10,13,16,19H2,1-4H3,(H,39,40,41,42)/t24?,33-/m1/s1. The van der Waals surface area contributed by atoms with Gasteiger partial charge in [-0.2, -0.15) is 5.21 Å². The number of nitrogens with zero attached hydrogens (tertiary/aromatic N) is 8. The van der Waals surface area contributed by atoms with Crippen molar-refractivity contribution in [3.63, 3.8) is 0 Å². The topological polar surface area (TPSA) is 138 Å². The number of ether oxygens (including phenoxy) is 1. The van der Waals surface area contributed by atoms with E-state index in [0.717, 1.165) is 84.4 Å². The summed E-state index contributed by atoms with van der Waals surface area (Å²) < 4.78 is 5.59. The van der Waals surface area contributed by atoms with Crippen LogP contribution in [0.2, 0.25) is 0 Å². The molecule has 236 valence electrons. The maximum Gasteiger partial charge on any atom is 0.233 e. The monoisotopic (exact) mass is 609 g/mol. The molecule has 0 aliphatic carbocycles. The number of aromatic amines is 1. The molecule has 0 amide bonds. The van der Waals surface area contributed by atoms with Crippen molar-refractivity contribution in [1.82, 2.24) is 35.6 Å². The Morgan fingerprint density at radius 2 is 1.71 bits per heavy atom. The van der Waals surface area contributed by atoms with Gasteiger partial charge in [0.2, 0.25) is 11.8 Å². The Hall–Kier alpha value is -4.51. The summed E-state index contributed by atoms with van der Waals surface area (Å²) in [7, 11) is 0. The molecular formula is C34H43N9O2. The second kappa shape index (κ2) is 15.5. The van der Waals surface area contributed by atoms with Gasteiger partial charge in [0.05, 0.1) is 24.7 Å². The fraction of sp³-hybridized carbons (Fsp3) is 0.441. The number of aromatic nitrogens is 7. The molecule has 1 unspecified atom stereocenters. The number of pyridine rings is 1. The highest BCUT2D eigenvalue weighted by Gasteiger charge is 2.36. The highest BCUT2D eigenvalue weighted by Crippen LogP contribution is 2.34. The molecule has 1 aromatic carbocycles. The zero-order valence-corrected chi connectivity index (χ0v) is 26.6. The van der Waals surface area contributed by atoms with E-state index in [1.165, 1.54) is 0 Å². The van der Waals surface area contributed by atoms with E-state index in [1.54, 1.807) is 12.4 Å². The number of tetrazole rings is 1. The lowest BCUT2D eigenvalue weighted by Gasteiger charge is -2.38. The average molecular weight is 610 g/mol. The molecule has 4 aromatic rings. The Morgan fingerprint density at radius 3 is 2.36 bits per heavy atom. The van der Waals surface area contributed by atoms with Gasteiger partial charge in [0, 0.05) is 40.9 Å². The van der Waals surface area contributed by atoms with Crippen LogP contribution >= 0.6 is 0 Å². The van der Waals surface area contributed by atoms with Crippen LogP contribution in [0.25, 0.3) is 22.6 Å². The van der Waals surface area contributed by atoms with Crippen molar-refractivity contribution in [3.8, 4) is 28.4 Å². The lowest BCUT2D eigenvalue weighted by molar-refractivity contribution is 0.209. The van der Waals surface area contributed by atoms with Crippen LogP contribution in [0.3, 0.4) is 0 Å². The summed E-state index contributed by atoms with van der Waals surface area (Å²) in [4.78, 5) is 21.2. The van der Waals surface area contributed by atoms with E-state index in [9.17, 15) is 5.11 Å². The number of amidine groups is 1. The lowest BCUT2D eigenvalue weighted by Crippen LogP contribution is -2.48. The molecule has 45 heavy (non-hydrogen) atoms. The van der Waals surface area contributed by atoms with Gasteiger partial charge in [-0.15, -0.1) is 10.2 Å². The van der Waals surface area contributed by atoms with Gasteiger partial charge < -0.3 is 9.84 Å². The first-order valence-corrected chi connectivity index (χ1v) is 16.1. The second-order valence-corrected chi connectivity index (χ2v) is 11.2. The number of benzene rings is 1. The third-order valence-electron chi connectivity index (χ3n) is 8.10. The number of H-pyrrole nitrogens is 1. The molecule has 0 bridgehead atoms. The van der Waals surface area contributed by atoms with Crippen LogP contribution in [0.4, 0.5) is 5.95 Å². The van der Waals surface area contributed by atoms with Crippen molar-refractivity contribution in [2.75, 3.05) is 11.5 Å². The normalized spacial score (nSPS) is 15.7. The molecule has 4 heterocycles. The zero-order valence-electron chi connectivity index (χ0n) is 26.6. The summed E-state index contributed by atoms with van der Waals surface area (Å²) in [6.45, 7) is 9.01. The number of hydrogen-bond donors (Lipinski definition) is 2. The molecule has 0 radical (unpaired) electrons. The van der Waals surface area contributed by atoms with E-state index in [-0.39, 0.29) is 5.92 Å². The Balaban J connectivity index is 1.51. The maximum atomic E-state index is 12.1. The first-order chi connectivity index (χ1) is 22.1. The summed E-state index contributed by atoms with van der Waals surface area (Å²) >= 11 is 0. The van der Waals surface area contributed by atoms with Crippen LogP contribution in [-0.4, -0.2) is 59.4 Å². The highest BCUT2D eigenvalue weighted by atomic mass is 16.5. The van der Waals surface area contributed by atoms with Gasteiger partial charge in [0.25, 0.3) is 0 Å². The Morgan fingerprint density at radius 1 is 0.933 bits per heavy atom. The van der Waals surface area contributed by atoms with Crippen LogP contribution in [-0.2, 0) is 6.42 Å². The van der Waals surface area contributed by atoms with Gasteiger partial charge in [-0.25, -0.2) is 15.0 Å². The fourth-order valence-electron chi connectivity index (χ4n) is 5.67. The number of unbranched alkanes of at least 4 members (excludes halogenated alkanes) is 2. The summed E-state index contributed by atoms with van der Waals surface area (Å²) in [5.74, 6) is 2.54. The van der Waals surface area contributed by atoms with E-state index < -0.39 is 6.23 Å². The second-order valence-electron chi connectivity index (χ2n) is 11.2. The zero-order chi connectivity index (χ0) is 31.6. The van der Waals surface area contributed by atoms with Crippen molar-refractivity contribution in [1.29, 1.82) is 0 Å². The fourth-order valence-corrected chi connectivity index (χ4v) is 5.67. The van der Waals surface area contributed by atoms with Gasteiger partial charge in [0.15, 0.2) is 12.0 Å². The number of hydrogen-bond acceptors (Lipinski definition) is 10. The Bertz CT molecular complexity index is 1570. The number of aliphatic hydroxyl groups excluding tert-OH is 1. The molecule has 1 aliphatic rings. The van der Waals surface area contributed by atoms with Gasteiger partial charge >= 0.3 is 0 Å². The minimum atomic E-state index is -0.961. The molecule has 11 nitrogen and oxygen atoms in total. The van der Waals surface area contributed by atoms with Crippen molar-refractivity contribution in [3.05, 3.63) is 71.8 Å². The summed E-state index contributed by atoms with van der Waals surface area (Å²) in [6.07, 6.45) is 11.6. The Labute approximate surface area is 264 Å². The number of allylic oxidation sites excluding steroid dienone is 1. The molecule has 0 saturated heterocycles. The number of rotatable bonds is 15. The van der Waals surface area contributed by atoms with Crippen molar-refractivity contribution in [2.24, 2.45) is 10.9 Å². The minimum Gasteiger partial charge on any atom is -0.491 e. The smallest absolute Gasteiger partial charge is 0.233 e. The predicted molar refractivity (Wildman–Crippen MR) is 176 cm³/mol. The van der Waals surface area contributed by atoms with E-state index >= 15 is 0 Å². The lowest BCUT2D eigenvalue weighted by atomic mass is 9.92. The molecule has 3 aromatic heterocycles. The molecule has 0 spiro atoms. The summed E-state index contributed by atoms with van der Waals surface area (Å²) in [5, 5.41) is 26.7. The number of aliphatic hydroxyl groups is 1. The third-order valence-corrected chi connectivity index (χ3v) is 8.10. The molecule has 2 N–H and O–H groups in total. The van der Waals surface area contributed by atoms with Crippen LogP contribution in [0.15, 0.2) is 71.3 Å².